The van der Waals surface area contributed by atoms with Gasteiger partial charge in [-0.05, 0) is 27.2 Å². The van der Waals surface area contributed by atoms with E-state index in [-0.39, 0.29) is 11.6 Å². The van der Waals surface area contributed by atoms with Crippen LogP contribution in [0.3, 0.4) is 0 Å². The lowest BCUT2D eigenvalue weighted by Crippen LogP contribution is -2.29. The van der Waals surface area contributed by atoms with Crippen LogP contribution in [0.2, 0.25) is 0 Å². The molecule has 1 aliphatic rings. The van der Waals surface area contributed by atoms with Crippen LogP contribution >= 0.6 is 0 Å². The van der Waals surface area contributed by atoms with E-state index in [4.69, 9.17) is 9.47 Å². The summed E-state index contributed by atoms with van der Waals surface area (Å²) in [5, 5.41) is 0. The molecule has 0 amide bonds. The first-order valence-corrected chi connectivity index (χ1v) is 5.88. The molecule has 0 radical (unpaired) electrons. The Balaban J connectivity index is 2.18. The fourth-order valence-electron chi connectivity index (χ4n) is 1.83. The lowest BCUT2D eigenvalue weighted by atomic mass is 10.2. The van der Waals surface area contributed by atoms with E-state index in [0.29, 0.717) is 12.5 Å². The predicted molar refractivity (Wildman–Crippen MR) is 62.3 cm³/mol. The van der Waals surface area contributed by atoms with Crippen molar-refractivity contribution in [3.63, 3.8) is 0 Å². The second-order valence-corrected chi connectivity index (χ2v) is 5.28. The van der Waals surface area contributed by atoms with Crippen molar-refractivity contribution in [2.45, 2.75) is 45.3 Å². The molecule has 4 nitrogen and oxygen atoms in total. The molecule has 1 rings (SSSR count). The summed E-state index contributed by atoms with van der Waals surface area (Å²) in [5.74, 6) is -0.117. The fourth-order valence-corrected chi connectivity index (χ4v) is 1.83. The molecule has 1 heterocycles. The average molecular weight is 229 g/mol. The van der Waals surface area contributed by atoms with Gasteiger partial charge in [-0.25, -0.2) is 0 Å². The zero-order chi connectivity index (χ0) is 12.2. The number of carbonyl (C=O) groups is 1. The lowest BCUT2D eigenvalue weighted by molar-refractivity contribution is -0.155. The van der Waals surface area contributed by atoms with Crippen LogP contribution in [0.1, 0.15) is 33.6 Å². The van der Waals surface area contributed by atoms with E-state index in [1.165, 1.54) is 0 Å². The zero-order valence-electron chi connectivity index (χ0n) is 10.8. The third kappa shape index (κ3) is 4.94. The van der Waals surface area contributed by atoms with Crippen LogP contribution in [0.25, 0.3) is 0 Å². The van der Waals surface area contributed by atoms with Crippen molar-refractivity contribution in [3.8, 4) is 0 Å². The molecule has 4 heteroatoms. The minimum atomic E-state index is -0.378. The van der Waals surface area contributed by atoms with Crippen LogP contribution in [0, 0.1) is 0 Å². The number of ether oxygens (including phenoxy) is 2. The van der Waals surface area contributed by atoms with Gasteiger partial charge in [-0.1, -0.05) is 0 Å². The first-order chi connectivity index (χ1) is 7.40. The Hall–Kier alpha value is -0.610. The topological polar surface area (TPSA) is 38.8 Å². The van der Waals surface area contributed by atoms with Gasteiger partial charge in [0, 0.05) is 26.7 Å². The van der Waals surface area contributed by atoms with Crippen molar-refractivity contribution in [2.24, 2.45) is 0 Å². The number of nitrogens with zero attached hydrogens (tertiary/aromatic N) is 1. The highest BCUT2D eigenvalue weighted by Crippen LogP contribution is 2.13. The van der Waals surface area contributed by atoms with Crippen molar-refractivity contribution in [3.05, 3.63) is 0 Å². The summed E-state index contributed by atoms with van der Waals surface area (Å²) in [6, 6.07) is 0. The van der Waals surface area contributed by atoms with Crippen molar-refractivity contribution in [1.82, 2.24) is 4.90 Å². The van der Waals surface area contributed by atoms with Crippen molar-refractivity contribution in [2.75, 3.05) is 26.7 Å². The lowest BCUT2D eigenvalue weighted by Gasteiger charge is -2.21. The van der Waals surface area contributed by atoms with Gasteiger partial charge in [0.15, 0.2) is 0 Å². The SMILES string of the molecule is COC1CCN(CCC(=O)OC(C)(C)C)C1. The number of methoxy groups -OCH3 is 1. The molecular formula is C12H23NO3. The van der Waals surface area contributed by atoms with E-state index in [1.807, 2.05) is 20.8 Å². The molecular weight excluding hydrogens is 206 g/mol. The van der Waals surface area contributed by atoms with E-state index in [1.54, 1.807) is 7.11 Å². The summed E-state index contributed by atoms with van der Waals surface area (Å²) in [6.07, 6.45) is 1.86. The number of likely N-dealkylation sites (tertiary alicyclic amines) is 1. The minimum Gasteiger partial charge on any atom is -0.460 e. The molecule has 94 valence electrons. The summed E-state index contributed by atoms with van der Waals surface area (Å²) in [7, 11) is 1.74. The summed E-state index contributed by atoms with van der Waals surface area (Å²) in [5.41, 5.74) is -0.378. The number of hydrogen-bond donors (Lipinski definition) is 0. The minimum absolute atomic E-state index is 0.117. The second kappa shape index (κ2) is 5.64. The summed E-state index contributed by atoms with van der Waals surface area (Å²) in [4.78, 5) is 13.7. The quantitative estimate of drug-likeness (QED) is 0.684. The Morgan fingerprint density at radius 3 is 2.62 bits per heavy atom. The van der Waals surface area contributed by atoms with E-state index in [9.17, 15) is 4.79 Å². The molecule has 0 aromatic carbocycles. The molecule has 1 fully saturated rings. The van der Waals surface area contributed by atoms with Crippen LogP contribution < -0.4 is 0 Å². The third-order valence-corrected chi connectivity index (χ3v) is 2.61. The van der Waals surface area contributed by atoms with Crippen LogP contribution in [0.5, 0.6) is 0 Å². The standard InChI is InChI=1S/C12H23NO3/c1-12(2,3)16-11(14)6-8-13-7-5-10(9-13)15-4/h10H,5-9H2,1-4H3. The molecule has 0 bridgehead atoms. The largest absolute Gasteiger partial charge is 0.460 e. The van der Waals surface area contributed by atoms with Crippen LogP contribution in [0.15, 0.2) is 0 Å². The molecule has 0 aromatic rings. The predicted octanol–water partition coefficient (Wildman–Crippen LogP) is 1.44. The molecule has 0 aliphatic carbocycles. The highest BCUT2D eigenvalue weighted by molar-refractivity contribution is 5.70. The molecule has 0 saturated carbocycles. The Kier molecular flexibility index (Phi) is 4.74. The van der Waals surface area contributed by atoms with Crippen LogP contribution in [0.4, 0.5) is 0 Å². The number of esters is 1. The normalized spacial score (nSPS) is 22.4. The zero-order valence-corrected chi connectivity index (χ0v) is 10.8. The molecule has 0 spiro atoms. The molecule has 0 aromatic heterocycles. The van der Waals surface area contributed by atoms with Gasteiger partial charge < -0.3 is 14.4 Å². The van der Waals surface area contributed by atoms with Gasteiger partial charge in [-0.3, -0.25) is 4.79 Å². The Labute approximate surface area is 97.9 Å². The van der Waals surface area contributed by atoms with Crippen molar-refractivity contribution in [1.29, 1.82) is 0 Å². The van der Waals surface area contributed by atoms with Gasteiger partial charge in [0.25, 0.3) is 0 Å². The number of rotatable bonds is 4. The van der Waals surface area contributed by atoms with Gasteiger partial charge in [0.2, 0.25) is 0 Å². The molecule has 1 atom stereocenters. The van der Waals surface area contributed by atoms with Gasteiger partial charge in [0.1, 0.15) is 5.60 Å². The summed E-state index contributed by atoms with van der Waals surface area (Å²) in [6.45, 7) is 8.39. The highest BCUT2D eigenvalue weighted by atomic mass is 16.6. The maximum atomic E-state index is 11.5. The Morgan fingerprint density at radius 2 is 2.12 bits per heavy atom. The highest BCUT2D eigenvalue weighted by Gasteiger charge is 2.23. The van der Waals surface area contributed by atoms with Crippen molar-refractivity contribution < 1.29 is 14.3 Å². The fraction of sp³-hybridized carbons (Fsp3) is 0.917. The number of hydrogen-bond acceptors (Lipinski definition) is 4. The average Bonchev–Trinajstić information content (AvgIpc) is 2.59. The summed E-state index contributed by atoms with van der Waals surface area (Å²) >= 11 is 0. The third-order valence-electron chi connectivity index (χ3n) is 2.61. The monoisotopic (exact) mass is 229 g/mol. The smallest absolute Gasteiger partial charge is 0.307 e. The Bertz CT molecular complexity index is 235. The molecule has 1 aliphatic heterocycles. The van der Waals surface area contributed by atoms with Gasteiger partial charge >= 0.3 is 5.97 Å². The number of carbonyl (C=O) groups excluding carboxylic acids is 1. The summed E-state index contributed by atoms with van der Waals surface area (Å²) < 4.78 is 10.5. The first kappa shape index (κ1) is 13.5. The maximum absolute atomic E-state index is 11.5. The van der Waals surface area contributed by atoms with Gasteiger partial charge in [-0.2, -0.15) is 0 Å². The maximum Gasteiger partial charge on any atom is 0.307 e. The molecule has 1 unspecified atom stereocenters. The van der Waals surface area contributed by atoms with Gasteiger partial charge in [0.05, 0.1) is 12.5 Å². The molecule has 0 N–H and O–H groups in total. The van der Waals surface area contributed by atoms with E-state index >= 15 is 0 Å². The molecule has 16 heavy (non-hydrogen) atoms. The second-order valence-electron chi connectivity index (χ2n) is 5.28. The van der Waals surface area contributed by atoms with E-state index in [0.717, 1.165) is 26.1 Å². The van der Waals surface area contributed by atoms with Crippen molar-refractivity contribution >= 4 is 5.97 Å². The van der Waals surface area contributed by atoms with Crippen LogP contribution in [-0.2, 0) is 14.3 Å². The van der Waals surface area contributed by atoms with Crippen LogP contribution in [-0.4, -0.2) is 49.3 Å². The van der Waals surface area contributed by atoms with E-state index in [2.05, 4.69) is 4.90 Å². The Morgan fingerprint density at radius 1 is 1.44 bits per heavy atom. The van der Waals surface area contributed by atoms with E-state index < -0.39 is 0 Å². The first-order valence-electron chi connectivity index (χ1n) is 5.88. The van der Waals surface area contributed by atoms with Gasteiger partial charge in [-0.15, -0.1) is 0 Å². The molecule has 1 saturated heterocycles.